The molecule has 1 saturated heterocycles. The van der Waals surface area contributed by atoms with E-state index in [9.17, 15) is 14.3 Å². The molecule has 102 valence electrons. The van der Waals surface area contributed by atoms with Crippen LogP contribution in [0.5, 0.6) is 0 Å². The molecule has 2 heterocycles. The highest BCUT2D eigenvalue weighted by Gasteiger charge is 2.45. The highest BCUT2D eigenvalue weighted by Crippen LogP contribution is 2.32. The number of benzene rings is 1. The van der Waals surface area contributed by atoms with Crippen molar-refractivity contribution in [3.63, 3.8) is 0 Å². The molecule has 3 rings (SSSR count). The van der Waals surface area contributed by atoms with Crippen molar-refractivity contribution >= 4 is 5.91 Å². The molecule has 6 heteroatoms. The van der Waals surface area contributed by atoms with Crippen molar-refractivity contribution < 1.29 is 14.3 Å². The van der Waals surface area contributed by atoms with Crippen molar-refractivity contribution in [1.29, 1.82) is 0 Å². The summed E-state index contributed by atoms with van der Waals surface area (Å²) in [7, 11) is 0. The van der Waals surface area contributed by atoms with Crippen molar-refractivity contribution in [3.8, 4) is 0 Å². The van der Waals surface area contributed by atoms with Crippen LogP contribution in [0.1, 0.15) is 15.9 Å². The van der Waals surface area contributed by atoms with Crippen molar-refractivity contribution in [1.82, 2.24) is 15.1 Å². The molecule has 1 amide bonds. The molecule has 1 aromatic carbocycles. The molecule has 0 bridgehead atoms. The van der Waals surface area contributed by atoms with Gasteiger partial charge in [0.1, 0.15) is 11.4 Å². The normalized spacial score (nSPS) is 16.6. The van der Waals surface area contributed by atoms with Gasteiger partial charge in [0.2, 0.25) is 0 Å². The molecule has 0 atom stereocenters. The number of halogens is 1. The Morgan fingerprint density at radius 2 is 1.90 bits per heavy atom. The first-order valence-corrected chi connectivity index (χ1v) is 6.13. The summed E-state index contributed by atoms with van der Waals surface area (Å²) in [4.78, 5) is 13.6. The van der Waals surface area contributed by atoms with Crippen LogP contribution in [0.4, 0.5) is 4.39 Å². The van der Waals surface area contributed by atoms with E-state index < -0.39 is 5.60 Å². The van der Waals surface area contributed by atoms with E-state index in [-0.39, 0.29) is 24.8 Å². The topological polar surface area (TPSA) is 66.3 Å². The van der Waals surface area contributed by atoms with Gasteiger partial charge < -0.3 is 10.0 Å². The van der Waals surface area contributed by atoms with Gasteiger partial charge in [-0.15, -0.1) is 0 Å². The van der Waals surface area contributed by atoms with Crippen molar-refractivity contribution in [2.75, 3.05) is 13.1 Å². The molecule has 1 aliphatic rings. The van der Waals surface area contributed by atoms with Gasteiger partial charge in [0.15, 0.2) is 0 Å². The van der Waals surface area contributed by atoms with Crippen LogP contribution in [0.15, 0.2) is 42.7 Å². The minimum atomic E-state index is -1.11. The fourth-order valence-electron chi connectivity index (χ4n) is 2.27. The largest absolute Gasteiger partial charge is 0.381 e. The number of rotatable bonds is 2. The number of hydrogen-bond donors (Lipinski definition) is 1. The van der Waals surface area contributed by atoms with E-state index >= 15 is 0 Å². The average molecular weight is 273 g/mol. The number of β-amino-alcohol motifs (C(OH)–C–C–N with tert-alkyl or cyclic N) is 1. The summed E-state index contributed by atoms with van der Waals surface area (Å²) in [5.41, 5.74) is -0.0685. The number of aliphatic hydroxyl groups is 1. The fourth-order valence-corrected chi connectivity index (χ4v) is 2.27. The standard InChI is InChI=1S/C14H12FN3O2/c15-12-3-1-11(2-4-12)14(20)8-18(9-14)13(19)10-5-6-16-17-7-10/h1-7,20H,8-9H2. The van der Waals surface area contributed by atoms with E-state index in [2.05, 4.69) is 10.2 Å². The van der Waals surface area contributed by atoms with E-state index in [0.29, 0.717) is 11.1 Å². The third kappa shape index (κ3) is 2.14. The van der Waals surface area contributed by atoms with Gasteiger partial charge in [-0.05, 0) is 23.8 Å². The summed E-state index contributed by atoms with van der Waals surface area (Å²) in [5, 5.41) is 17.7. The van der Waals surface area contributed by atoms with E-state index in [1.165, 1.54) is 41.6 Å². The van der Waals surface area contributed by atoms with Crippen molar-refractivity contribution in [2.24, 2.45) is 0 Å². The van der Waals surface area contributed by atoms with E-state index in [1.807, 2.05) is 0 Å². The van der Waals surface area contributed by atoms with Crippen molar-refractivity contribution in [2.45, 2.75) is 5.60 Å². The lowest BCUT2D eigenvalue weighted by molar-refractivity contribution is -0.0864. The van der Waals surface area contributed by atoms with Crippen molar-refractivity contribution in [3.05, 3.63) is 59.7 Å². The lowest BCUT2D eigenvalue weighted by Crippen LogP contribution is -2.61. The number of aromatic nitrogens is 2. The Bertz CT molecular complexity index is 625. The summed E-state index contributed by atoms with van der Waals surface area (Å²) >= 11 is 0. The molecule has 0 saturated carbocycles. The third-order valence-corrected chi connectivity index (χ3v) is 3.40. The van der Waals surface area contributed by atoms with Crippen LogP contribution in [0.2, 0.25) is 0 Å². The summed E-state index contributed by atoms with van der Waals surface area (Å²) in [6.45, 7) is 0.361. The highest BCUT2D eigenvalue weighted by atomic mass is 19.1. The Morgan fingerprint density at radius 1 is 1.20 bits per heavy atom. The second-order valence-corrected chi connectivity index (χ2v) is 4.83. The molecular formula is C14H12FN3O2. The number of nitrogens with zero attached hydrogens (tertiary/aromatic N) is 3. The van der Waals surface area contributed by atoms with E-state index in [0.717, 1.165) is 0 Å². The first kappa shape index (κ1) is 12.7. The van der Waals surface area contributed by atoms with Crippen LogP contribution < -0.4 is 0 Å². The van der Waals surface area contributed by atoms with Gasteiger partial charge in [0.25, 0.3) is 5.91 Å². The maximum Gasteiger partial charge on any atom is 0.255 e. The Kier molecular flexibility index (Phi) is 2.94. The number of likely N-dealkylation sites (tertiary alicyclic amines) is 1. The summed E-state index contributed by atoms with van der Waals surface area (Å²) in [6.07, 6.45) is 2.83. The van der Waals surface area contributed by atoms with Crippen LogP contribution in [-0.2, 0) is 5.60 Å². The minimum Gasteiger partial charge on any atom is -0.381 e. The SMILES string of the molecule is O=C(c1ccnnc1)N1CC(O)(c2ccc(F)cc2)C1. The molecule has 5 nitrogen and oxygen atoms in total. The molecule has 0 aliphatic carbocycles. The third-order valence-electron chi connectivity index (χ3n) is 3.40. The molecule has 1 aromatic heterocycles. The molecular weight excluding hydrogens is 261 g/mol. The molecule has 0 radical (unpaired) electrons. The average Bonchev–Trinajstić information content (AvgIpc) is 2.45. The summed E-state index contributed by atoms with van der Waals surface area (Å²) < 4.78 is 12.9. The highest BCUT2D eigenvalue weighted by molar-refractivity contribution is 5.94. The predicted molar refractivity (Wildman–Crippen MR) is 68.2 cm³/mol. The van der Waals surface area contributed by atoms with Gasteiger partial charge in [-0.2, -0.15) is 10.2 Å². The second kappa shape index (κ2) is 4.64. The van der Waals surface area contributed by atoms with Crippen LogP contribution in [0, 0.1) is 5.82 Å². The fraction of sp³-hybridized carbons (Fsp3) is 0.214. The lowest BCUT2D eigenvalue weighted by atomic mass is 9.86. The first-order valence-electron chi connectivity index (χ1n) is 6.13. The maximum absolute atomic E-state index is 12.9. The first-order chi connectivity index (χ1) is 9.58. The molecule has 1 fully saturated rings. The molecule has 1 N–H and O–H groups in total. The smallest absolute Gasteiger partial charge is 0.255 e. The molecule has 0 unspecified atom stereocenters. The maximum atomic E-state index is 12.9. The van der Waals surface area contributed by atoms with Gasteiger partial charge in [0, 0.05) is 0 Å². The zero-order chi connectivity index (χ0) is 14.2. The molecule has 0 spiro atoms. The van der Waals surface area contributed by atoms with Gasteiger partial charge in [-0.25, -0.2) is 4.39 Å². The van der Waals surface area contributed by atoms with Gasteiger partial charge in [0.05, 0.1) is 31.0 Å². The Hall–Kier alpha value is -2.34. The Morgan fingerprint density at radius 3 is 2.50 bits per heavy atom. The van der Waals surface area contributed by atoms with Crippen LogP contribution in [-0.4, -0.2) is 39.2 Å². The second-order valence-electron chi connectivity index (χ2n) is 4.83. The quantitative estimate of drug-likeness (QED) is 0.885. The number of carbonyl (C=O) groups excluding carboxylic acids is 1. The predicted octanol–water partition coefficient (Wildman–Crippen LogP) is 0.959. The molecule has 1 aliphatic heterocycles. The molecule has 20 heavy (non-hydrogen) atoms. The zero-order valence-electron chi connectivity index (χ0n) is 10.5. The number of hydrogen-bond acceptors (Lipinski definition) is 4. The van der Waals surface area contributed by atoms with E-state index in [4.69, 9.17) is 0 Å². The van der Waals surface area contributed by atoms with Gasteiger partial charge >= 0.3 is 0 Å². The number of amides is 1. The van der Waals surface area contributed by atoms with E-state index in [1.54, 1.807) is 6.07 Å². The lowest BCUT2D eigenvalue weighted by Gasteiger charge is -2.46. The van der Waals surface area contributed by atoms with Crippen LogP contribution >= 0.6 is 0 Å². The van der Waals surface area contributed by atoms with Gasteiger partial charge in [-0.3, -0.25) is 4.79 Å². The zero-order valence-corrected chi connectivity index (χ0v) is 10.5. The van der Waals surface area contributed by atoms with Gasteiger partial charge in [-0.1, -0.05) is 12.1 Å². The Labute approximate surface area is 114 Å². The summed E-state index contributed by atoms with van der Waals surface area (Å²) in [6, 6.07) is 7.23. The van der Waals surface area contributed by atoms with Crippen LogP contribution in [0.25, 0.3) is 0 Å². The monoisotopic (exact) mass is 273 g/mol. The Balaban J connectivity index is 1.71. The number of carbonyl (C=O) groups is 1. The minimum absolute atomic E-state index is 0.180. The van der Waals surface area contributed by atoms with Crippen LogP contribution in [0.3, 0.4) is 0 Å². The summed E-state index contributed by atoms with van der Waals surface area (Å²) in [5.74, 6) is -0.556. The molecule has 2 aromatic rings.